The van der Waals surface area contributed by atoms with Gasteiger partial charge < -0.3 is 4.90 Å². The van der Waals surface area contributed by atoms with Crippen molar-refractivity contribution >= 4 is 29.1 Å². The minimum atomic E-state index is -0.900. The Morgan fingerprint density at radius 2 is 1.83 bits per heavy atom. The fraction of sp³-hybridized carbons (Fsp3) is 0.286. The van der Waals surface area contributed by atoms with Gasteiger partial charge in [0.05, 0.1) is 17.0 Å². The van der Waals surface area contributed by atoms with Crippen molar-refractivity contribution < 1.29 is 19.3 Å². The lowest BCUT2D eigenvalue weighted by atomic mass is 10.1. The van der Waals surface area contributed by atoms with E-state index in [2.05, 4.69) is 0 Å². The number of carbonyl (C=O) groups is 3. The number of nitro groups is 1. The van der Waals surface area contributed by atoms with Gasteiger partial charge in [0.1, 0.15) is 6.04 Å². The fourth-order valence-electron chi connectivity index (χ4n) is 3.61. The second-order valence-corrected chi connectivity index (χ2v) is 7.37. The summed E-state index contributed by atoms with van der Waals surface area (Å²) in [6, 6.07) is 11.4. The second kappa shape index (κ2) is 7.12. The minimum absolute atomic E-state index is 0.0934. The maximum absolute atomic E-state index is 13.1. The summed E-state index contributed by atoms with van der Waals surface area (Å²) in [5, 5.41) is 11.0. The van der Waals surface area contributed by atoms with Gasteiger partial charge in [0.15, 0.2) is 0 Å². The number of anilines is 1. The molecule has 0 N–H and O–H groups in total. The zero-order valence-corrected chi connectivity index (χ0v) is 15.8. The predicted molar refractivity (Wildman–Crippen MR) is 104 cm³/mol. The molecule has 2 fully saturated rings. The Hall–Kier alpha value is -3.55. The average Bonchev–Trinajstić information content (AvgIpc) is 3.49. The largest absolute Gasteiger partial charge is 0.323 e. The first-order valence-corrected chi connectivity index (χ1v) is 9.37. The smallest absolute Gasteiger partial charge is 0.270 e. The maximum atomic E-state index is 13.1. The lowest BCUT2D eigenvalue weighted by Gasteiger charge is -2.27. The lowest BCUT2D eigenvalue weighted by molar-refractivity contribution is -0.384. The van der Waals surface area contributed by atoms with Gasteiger partial charge >= 0.3 is 0 Å². The number of hydrogen-bond acceptors (Lipinski definition) is 5. The van der Waals surface area contributed by atoms with E-state index >= 15 is 0 Å². The van der Waals surface area contributed by atoms with E-state index in [9.17, 15) is 24.5 Å². The van der Waals surface area contributed by atoms with Crippen LogP contribution < -0.4 is 4.90 Å². The van der Waals surface area contributed by atoms with Crippen molar-refractivity contribution in [3.05, 3.63) is 69.8 Å². The second-order valence-electron chi connectivity index (χ2n) is 7.37. The highest BCUT2D eigenvalue weighted by Crippen LogP contribution is 2.35. The van der Waals surface area contributed by atoms with Crippen molar-refractivity contribution in [2.75, 3.05) is 4.90 Å². The molecule has 3 amide bonds. The van der Waals surface area contributed by atoms with Crippen LogP contribution in [0, 0.1) is 17.0 Å². The first kappa shape index (κ1) is 18.8. The van der Waals surface area contributed by atoms with Crippen LogP contribution in [0.15, 0.2) is 48.5 Å². The zero-order chi connectivity index (χ0) is 20.7. The molecule has 4 rings (SSSR count). The summed E-state index contributed by atoms with van der Waals surface area (Å²) in [5.74, 6) is -1.26. The van der Waals surface area contributed by atoms with Gasteiger partial charge in [-0.05, 0) is 38.0 Å². The number of hydrogen-bond donors (Lipinski definition) is 0. The molecule has 1 saturated heterocycles. The van der Waals surface area contributed by atoms with Crippen LogP contribution in [0.5, 0.6) is 0 Å². The molecule has 2 aromatic carbocycles. The highest BCUT2D eigenvalue weighted by atomic mass is 16.6. The summed E-state index contributed by atoms with van der Waals surface area (Å²) in [6.07, 6.45) is 1.39. The molecule has 1 unspecified atom stereocenters. The number of non-ortho nitro benzene ring substituents is 1. The first-order valence-electron chi connectivity index (χ1n) is 9.37. The molecule has 0 radical (unpaired) electrons. The molecule has 2 aromatic rings. The van der Waals surface area contributed by atoms with E-state index in [0.717, 1.165) is 23.3 Å². The quantitative estimate of drug-likeness (QED) is 0.442. The Balaban J connectivity index is 1.64. The number of amides is 3. The molecule has 1 saturated carbocycles. The lowest BCUT2D eigenvalue weighted by Crippen LogP contribution is -2.46. The number of rotatable bonds is 5. The van der Waals surface area contributed by atoms with E-state index in [-0.39, 0.29) is 29.6 Å². The molecule has 1 heterocycles. The molecule has 0 spiro atoms. The van der Waals surface area contributed by atoms with Crippen molar-refractivity contribution in [2.24, 2.45) is 0 Å². The van der Waals surface area contributed by atoms with E-state index in [1.165, 1.54) is 29.2 Å². The highest BCUT2D eigenvalue weighted by Gasteiger charge is 2.49. The van der Waals surface area contributed by atoms with Crippen molar-refractivity contribution in [1.29, 1.82) is 0 Å². The molecule has 29 heavy (non-hydrogen) atoms. The van der Waals surface area contributed by atoms with Gasteiger partial charge in [-0.3, -0.25) is 24.5 Å². The molecule has 1 aliphatic heterocycles. The molecule has 1 aliphatic carbocycles. The molecular formula is C21H19N3O5. The summed E-state index contributed by atoms with van der Waals surface area (Å²) < 4.78 is 0. The summed E-state index contributed by atoms with van der Waals surface area (Å²) in [6.45, 7) is 1.91. The molecule has 8 nitrogen and oxygen atoms in total. The Morgan fingerprint density at radius 3 is 2.45 bits per heavy atom. The molecular weight excluding hydrogens is 374 g/mol. The molecule has 1 atom stereocenters. The van der Waals surface area contributed by atoms with E-state index < -0.39 is 22.8 Å². The number of nitro benzene ring substituents is 1. The Bertz CT molecular complexity index is 1010. The van der Waals surface area contributed by atoms with Gasteiger partial charge in [-0.1, -0.05) is 23.8 Å². The third kappa shape index (κ3) is 3.49. The SMILES string of the molecule is Cc1ccc(N2C(=O)CC(N(C(=O)c3cccc([N+](=O)[O-])c3)C3CC3)C2=O)cc1. The Kier molecular flexibility index (Phi) is 4.62. The van der Waals surface area contributed by atoms with Gasteiger partial charge in [-0.15, -0.1) is 0 Å². The van der Waals surface area contributed by atoms with E-state index in [4.69, 9.17) is 0 Å². The molecule has 8 heteroatoms. The zero-order valence-electron chi connectivity index (χ0n) is 15.8. The standard InChI is InChI=1S/C21H19N3O5/c1-13-5-7-16(8-6-13)23-19(25)12-18(21(23)27)22(15-9-10-15)20(26)14-3-2-4-17(11-14)24(28)29/h2-8,11,15,18H,9-10,12H2,1H3. The fourth-order valence-corrected chi connectivity index (χ4v) is 3.61. The highest BCUT2D eigenvalue weighted by molar-refractivity contribution is 6.23. The monoisotopic (exact) mass is 393 g/mol. The number of imide groups is 1. The van der Waals surface area contributed by atoms with Crippen molar-refractivity contribution in [1.82, 2.24) is 4.90 Å². The van der Waals surface area contributed by atoms with Crippen LogP contribution in [0.25, 0.3) is 0 Å². The Labute approximate surface area is 166 Å². The third-order valence-corrected chi connectivity index (χ3v) is 5.23. The van der Waals surface area contributed by atoms with E-state index in [1.54, 1.807) is 12.1 Å². The van der Waals surface area contributed by atoms with Gasteiger partial charge in [0.25, 0.3) is 17.5 Å². The van der Waals surface area contributed by atoms with Crippen LogP contribution in [0.1, 0.15) is 35.2 Å². The van der Waals surface area contributed by atoms with Crippen LogP contribution in [0.2, 0.25) is 0 Å². The maximum Gasteiger partial charge on any atom is 0.270 e. The predicted octanol–water partition coefficient (Wildman–Crippen LogP) is 2.84. The first-order chi connectivity index (χ1) is 13.9. The normalized spacial score (nSPS) is 18.8. The summed E-state index contributed by atoms with van der Waals surface area (Å²) in [7, 11) is 0. The summed E-state index contributed by atoms with van der Waals surface area (Å²) in [5.41, 5.74) is 1.43. The molecule has 2 aliphatic rings. The van der Waals surface area contributed by atoms with Crippen LogP contribution in [0.3, 0.4) is 0 Å². The molecule has 0 bridgehead atoms. The van der Waals surface area contributed by atoms with Gasteiger partial charge in [-0.25, -0.2) is 4.90 Å². The van der Waals surface area contributed by atoms with Crippen LogP contribution in [-0.4, -0.2) is 39.6 Å². The summed E-state index contributed by atoms with van der Waals surface area (Å²) >= 11 is 0. The Morgan fingerprint density at radius 1 is 1.14 bits per heavy atom. The number of carbonyl (C=O) groups excluding carboxylic acids is 3. The van der Waals surface area contributed by atoms with Gasteiger partial charge in [-0.2, -0.15) is 0 Å². The van der Waals surface area contributed by atoms with Crippen molar-refractivity contribution in [3.63, 3.8) is 0 Å². The topological polar surface area (TPSA) is 101 Å². The van der Waals surface area contributed by atoms with Gasteiger partial charge in [0.2, 0.25) is 5.91 Å². The third-order valence-electron chi connectivity index (χ3n) is 5.23. The number of nitrogens with zero attached hydrogens (tertiary/aromatic N) is 3. The minimum Gasteiger partial charge on any atom is -0.323 e. The van der Waals surface area contributed by atoms with Gasteiger partial charge in [0, 0.05) is 23.7 Å². The van der Waals surface area contributed by atoms with Crippen LogP contribution in [-0.2, 0) is 9.59 Å². The number of benzene rings is 2. The molecule has 148 valence electrons. The van der Waals surface area contributed by atoms with E-state index in [0.29, 0.717) is 5.69 Å². The summed E-state index contributed by atoms with van der Waals surface area (Å²) in [4.78, 5) is 51.9. The van der Waals surface area contributed by atoms with Crippen LogP contribution >= 0.6 is 0 Å². The number of aryl methyl sites for hydroxylation is 1. The van der Waals surface area contributed by atoms with Crippen molar-refractivity contribution in [3.8, 4) is 0 Å². The van der Waals surface area contributed by atoms with E-state index in [1.807, 2.05) is 19.1 Å². The van der Waals surface area contributed by atoms with Crippen LogP contribution in [0.4, 0.5) is 11.4 Å². The average molecular weight is 393 g/mol. The van der Waals surface area contributed by atoms with Crippen molar-refractivity contribution in [2.45, 2.75) is 38.3 Å². The molecule has 0 aromatic heterocycles.